The monoisotopic (exact) mass is 283 g/mol. The van der Waals surface area contributed by atoms with Gasteiger partial charge in [-0.25, -0.2) is 13.6 Å². The third-order valence-electron chi connectivity index (χ3n) is 2.54. The molecule has 0 aliphatic heterocycles. The normalized spacial score (nSPS) is 10.5. The van der Waals surface area contributed by atoms with Crippen LogP contribution in [0.25, 0.3) is 0 Å². The molecule has 9 heteroatoms. The molecular formula is C11H7F2N3O4. The Balaban J connectivity index is 2.48. The van der Waals surface area contributed by atoms with Crippen LogP contribution in [0.3, 0.4) is 0 Å². The first-order valence-corrected chi connectivity index (χ1v) is 5.30. The van der Waals surface area contributed by atoms with Crippen molar-refractivity contribution in [3.05, 3.63) is 72.5 Å². The molecule has 0 fully saturated rings. The van der Waals surface area contributed by atoms with Crippen LogP contribution in [-0.4, -0.2) is 14.5 Å². The molecular weight excluding hydrogens is 276 g/mol. The molecule has 20 heavy (non-hydrogen) atoms. The van der Waals surface area contributed by atoms with Gasteiger partial charge in [0, 0.05) is 11.6 Å². The molecule has 0 aliphatic rings. The van der Waals surface area contributed by atoms with Crippen LogP contribution in [0, 0.1) is 21.7 Å². The lowest BCUT2D eigenvalue weighted by Gasteiger charge is -2.06. The number of nitrogens with one attached hydrogen (secondary N) is 1. The SMILES string of the molecule is O=c1[nH]c(=O)n(Cc2ccc(F)cc2F)cc1[N+](=O)[O-]. The predicted octanol–water partition coefficient (Wildman–Crippen LogP) is 0.771. The average molecular weight is 283 g/mol. The van der Waals surface area contributed by atoms with Crippen molar-refractivity contribution in [2.45, 2.75) is 6.54 Å². The smallest absolute Gasteiger partial charge is 0.289 e. The molecule has 1 N–H and O–H groups in total. The van der Waals surface area contributed by atoms with Crippen LogP contribution in [0.5, 0.6) is 0 Å². The lowest BCUT2D eigenvalue weighted by molar-refractivity contribution is -0.386. The third-order valence-corrected chi connectivity index (χ3v) is 2.54. The van der Waals surface area contributed by atoms with Gasteiger partial charge in [0.2, 0.25) is 0 Å². The number of hydrogen-bond donors (Lipinski definition) is 1. The van der Waals surface area contributed by atoms with Crippen molar-refractivity contribution in [1.82, 2.24) is 9.55 Å². The molecule has 7 nitrogen and oxygen atoms in total. The Morgan fingerprint density at radius 2 is 2.00 bits per heavy atom. The summed E-state index contributed by atoms with van der Waals surface area (Å²) in [5.41, 5.74) is -2.96. The minimum atomic E-state index is -1.14. The van der Waals surface area contributed by atoms with Gasteiger partial charge in [0.05, 0.1) is 17.7 Å². The van der Waals surface area contributed by atoms with Gasteiger partial charge in [-0.2, -0.15) is 0 Å². The largest absolute Gasteiger partial charge is 0.350 e. The maximum Gasteiger partial charge on any atom is 0.350 e. The zero-order valence-corrected chi connectivity index (χ0v) is 9.80. The Morgan fingerprint density at radius 1 is 1.30 bits per heavy atom. The van der Waals surface area contributed by atoms with Gasteiger partial charge in [0.25, 0.3) is 0 Å². The summed E-state index contributed by atoms with van der Waals surface area (Å²) in [5.74, 6) is -1.68. The molecule has 0 amide bonds. The highest BCUT2D eigenvalue weighted by atomic mass is 19.1. The second-order valence-electron chi connectivity index (χ2n) is 3.89. The number of H-pyrrole nitrogens is 1. The van der Waals surface area contributed by atoms with E-state index in [0.717, 1.165) is 16.7 Å². The molecule has 0 saturated heterocycles. The Morgan fingerprint density at radius 3 is 2.60 bits per heavy atom. The minimum absolute atomic E-state index is 0.0464. The number of aromatic amines is 1. The molecule has 0 bridgehead atoms. The standard InChI is InChI=1S/C11H7F2N3O4/c12-7-2-1-6(8(13)3-7)4-15-5-9(16(19)20)10(17)14-11(15)18/h1-3,5H,4H2,(H,14,17,18). The van der Waals surface area contributed by atoms with E-state index >= 15 is 0 Å². The zero-order valence-electron chi connectivity index (χ0n) is 9.80. The van der Waals surface area contributed by atoms with Crippen LogP contribution in [0.15, 0.2) is 34.0 Å². The molecule has 1 aromatic carbocycles. The first kappa shape index (κ1) is 13.6. The number of halogens is 2. The van der Waals surface area contributed by atoms with Crippen molar-refractivity contribution in [3.63, 3.8) is 0 Å². The minimum Gasteiger partial charge on any atom is -0.289 e. The van der Waals surface area contributed by atoms with Crippen molar-refractivity contribution in [2.75, 3.05) is 0 Å². The number of nitrogens with zero attached hydrogens (tertiary/aromatic N) is 2. The molecule has 2 rings (SSSR count). The Hall–Kier alpha value is -2.84. The summed E-state index contributed by atoms with van der Waals surface area (Å²) < 4.78 is 26.9. The van der Waals surface area contributed by atoms with Crippen molar-refractivity contribution in [1.29, 1.82) is 0 Å². The van der Waals surface area contributed by atoms with Crippen LogP contribution in [0.4, 0.5) is 14.5 Å². The van der Waals surface area contributed by atoms with Crippen LogP contribution in [-0.2, 0) is 6.54 Å². The number of rotatable bonds is 3. The van der Waals surface area contributed by atoms with Gasteiger partial charge in [-0.05, 0) is 6.07 Å². The highest BCUT2D eigenvalue weighted by Crippen LogP contribution is 2.11. The summed E-state index contributed by atoms with van der Waals surface area (Å²) in [6.07, 6.45) is 0.712. The molecule has 0 radical (unpaired) electrons. The fourth-order valence-electron chi connectivity index (χ4n) is 1.58. The zero-order chi connectivity index (χ0) is 14.9. The van der Waals surface area contributed by atoms with Crippen molar-refractivity contribution < 1.29 is 13.7 Å². The van der Waals surface area contributed by atoms with Crippen molar-refractivity contribution in [3.8, 4) is 0 Å². The number of nitro groups is 1. The second kappa shape index (κ2) is 5.03. The summed E-state index contributed by atoms with van der Waals surface area (Å²) in [4.78, 5) is 34.0. The molecule has 0 aliphatic carbocycles. The van der Waals surface area contributed by atoms with Crippen LogP contribution in [0.2, 0.25) is 0 Å². The van der Waals surface area contributed by atoms with E-state index in [2.05, 4.69) is 0 Å². The first-order valence-electron chi connectivity index (χ1n) is 5.30. The molecule has 0 atom stereocenters. The third kappa shape index (κ3) is 2.60. The maximum absolute atomic E-state index is 13.4. The van der Waals surface area contributed by atoms with E-state index in [1.54, 1.807) is 4.98 Å². The van der Waals surface area contributed by atoms with E-state index in [1.807, 2.05) is 0 Å². The van der Waals surface area contributed by atoms with Gasteiger partial charge < -0.3 is 0 Å². The molecule has 0 unspecified atom stereocenters. The number of hydrogen-bond acceptors (Lipinski definition) is 4. The summed E-state index contributed by atoms with van der Waals surface area (Å²) in [5, 5.41) is 10.6. The average Bonchev–Trinajstić information content (AvgIpc) is 2.35. The van der Waals surface area contributed by atoms with Gasteiger partial charge >= 0.3 is 16.9 Å². The quantitative estimate of drug-likeness (QED) is 0.664. The number of benzene rings is 1. The fraction of sp³-hybridized carbons (Fsp3) is 0.0909. The summed E-state index contributed by atoms with van der Waals surface area (Å²) in [6.45, 7) is -0.372. The van der Waals surface area contributed by atoms with Crippen molar-refractivity contribution >= 4 is 5.69 Å². The summed E-state index contributed by atoms with van der Waals surface area (Å²) in [7, 11) is 0. The van der Waals surface area contributed by atoms with E-state index in [1.165, 1.54) is 0 Å². The van der Waals surface area contributed by atoms with Crippen LogP contribution >= 0.6 is 0 Å². The van der Waals surface area contributed by atoms with E-state index in [4.69, 9.17) is 0 Å². The molecule has 0 spiro atoms. The van der Waals surface area contributed by atoms with Crippen molar-refractivity contribution in [2.24, 2.45) is 0 Å². The molecule has 2 aromatic rings. The highest BCUT2D eigenvalue weighted by Gasteiger charge is 2.15. The van der Waals surface area contributed by atoms with E-state index < -0.39 is 33.5 Å². The predicted molar refractivity (Wildman–Crippen MR) is 63.4 cm³/mol. The molecule has 1 aromatic heterocycles. The highest BCUT2D eigenvalue weighted by molar-refractivity contribution is 5.23. The molecule has 104 valence electrons. The Kier molecular flexibility index (Phi) is 3.42. The van der Waals surface area contributed by atoms with E-state index in [0.29, 0.717) is 12.3 Å². The lowest BCUT2D eigenvalue weighted by atomic mass is 10.2. The Bertz CT molecular complexity index is 797. The van der Waals surface area contributed by atoms with Gasteiger partial charge in [0.1, 0.15) is 11.6 Å². The van der Waals surface area contributed by atoms with E-state index in [9.17, 15) is 28.5 Å². The maximum atomic E-state index is 13.4. The van der Waals surface area contributed by atoms with Gasteiger partial charge in [-0.1, -0.05) is 6.07 Å². The Labute approximate surface area is 109 Å². The van der Waals surface area contributed by atoms with Crippen LogP contribution < -0.4 is 11.2 Å². The lowest BCUT2D eigenvalue weighted by Crippen LogP contribution is -2.31. The first-order chi connectivity index (χ1) is 9.38. The summed E-state index contributed by atoms with van der Waals surface area (Å²) in [6, 6.07) is 2.72. The summed E-state index contributed by atoms with van der Waals surface area (Å²) >= 11 is 0. The van der Waals surface area contributed by atoms with Gasteiger partial charge in [-0.3, -0.25) is 24.5 Å². The number of aromatic nitrogens is 2. The van der Waals surface area contributed by atoms with Crippen LogP contribution in [0.1, 0.15) is 5.56 Å². The topological polar surface area (TPSA) is 98.0 Å². The second-order valence-corrected chi connectivity index (χ2v) is 3.89. The fourth-order valence-corrected chi connectivity index (χ4v) is 1.58. The van der Waals surface area contributed by atoms with Gasteiger partial charge in [-0.15, -0.1) is 0 Å². The van der Waals surface area contributed by atoms with Gasteiger partial charge in [0.15, 0.2) is 0 Å². The van der Waals surface area contributed by atoms with E-state index in [-0.39, 0.29) is 12.1 Å². The molecule has 0 saturated carbocycles. The molecule has 1 heterocycles.